The van der Waals surface area contributed by atoms with Crippen molar-refractivity contribution in [1.82, 2.24) is 0 Å². The first-order valence-electron chi connectivity index (χ1n) is 6.30. The zero-order valence-corrected chi connectivity index (χ0v) is 11.0. The normalized spacial score (nSPS) is 38.5. The predicted octanol–water partition coefficient (Wildman–Crippen LogP) is -4.01. The zero-order chi connectivity index (χ0) is 15.7. The van der Waals surface area contributed by atoms with E-state index in [9.17, 15) is 35.7 Å². The Morgan fingerprint density at radius 1 is 0.950 bits per heavy atom. The van der Waals surface area contributed by atoms with Gasteiger partial charge in [-0.15, -0.1) is 0 Å². The molecule has 0 saturated carbocycles. The van der Waals surface area contributed by atoms with Gasteiger partial charge >= 0.3 is 5.97 Å². The topological polar surface area (TPSA) is 171 Å². The SMILES string of the molecule is CCCC(O)(C1O[C@H](CO)[C@@H](O)[C@H](O)[C@H]1O)C(O)(O)O. The highest BCUT2D eigenvalue weighted by Gasteiger charge is 2.60. The second-order valence-electron chi connectivity index (χ2n) is 5.06. The van der Waals surface area contributed by atoms with Crippen LogP contribution in [0.15, 0.2) is 0 Å². The van der Waals surface area contributed by atoms with Gasteiger partial charge in [0.2, 0.25) is 0 Å². The molecule has 1 saturated heterocycles. The number of hydrogen-bond acceptors (Lipinski definition) is 9. The van der Waals surface area contributed by atoms with Crippen LogP contribution in [-0.4, -0.2) is 89.6 Å². The minimum Gasteiger partial charge on any atom is -0.394 e. The Morgan fingerprint density at radius 2 is 1.50 bits per heavy atom. The molecule has 0 radical (unpaired) electrons. The van der Waals surface area contributed by atoms with E-state index in [-0.39, 0.29) is 12.8 Å². The van der Waals surface area contributed by atoms with Crippen LogP contribution < -0.4 is 0 Å². The Morgan fingerprint density at radius 3 is 1.90 bits per heavy atom. The standard InChI is InChI=1S/C11H22O9/c1-2-3-10(16,11(17,18)19)9-8(15)7(14)6(13)5(4-12)20-9/h5-9,12-19H,2-4H2,1H3/t5-,6-,7+,8-,9?,10?/m1/s1. The Hall–Kier alpha value is -0.360. The van der Waals surface area contributed by atoms with Crippen molar-refractivity contribution in [3.8, 4) is 0 Å². The van der Waals surface area contributed by atoms with Gasteiger partial charge in [-0.2, -0.15) is 0 Å². The van der Waals surface area contributed by atoms with E-state index >= 15 is 0 Å². The molecule has 0 bridgehead atoms. The van der Waals surface area contributed by atoms with Crippen LogP contribution >= 0.6 is 0 Å². The molecule has 20 heavy (non-hydrogen) atoms. The van der Waals surface area contributed by atoms with E-state index in [0.29, 0.717) is 0 Å². The molecule has 120 valence electrons. The van der Waals surface area contributed by atoms with E-state index in [1.165, 1.54) is 0 Å². The summed E-state index contributed by atoms with van der Waals surface area (Å²) in [6.45, 7) is 0.833. The lowest BCUT2D eigenvalue weighted by Crippen LogP contribution is -2.71. The first-order valence-corrected chi connectivity index (χ1v) is 6.30. The van der Waals surface area contributed by atoms with Crippen molar-refractivity contribution in [2.24, 2.45) is 0 Å². The quantitative estimate of drug-likeness (QED) is 0.235. The van der Waals surface area contributed by atoms with Crippen LogP contribution in [0.4, 0.5) is 0 Å². The van der Waals surface area contributed by atoms with Crippen molar-refractivity contribution in [2.75, 3.05) is 6.61 Å². The van der Waals surface area contributed by atoms with Crippen molar-refractivity contribution in [3.05, 3.63) is 0 Å². The van der Waals surface area contributed by atoms with E-state index in [2.05, 4.69) is 0 Å². The molecule has 9 heteroatoms. The van der Waals surface area contributed by atoms with Crippen LogP contribution in [0.3, 0.4) is 0 Å². The van der Waals surface area contributed by atoms with Crippen LogP contribution in [0.1, 0.15) is 19.8 Å². The van der Waals surface area contributed by atoms with Gasteiger partial charge < -0.3 is 45.6 Å². The molecule has 0 aliphatic carbocycles. The lowest BCUT2D eigenvalue weighted by atomic mass is 9.80. The summed E-state index contributed by atoms with van der Waals surface area (Å²) in [5.74, 6) is -3.60. The third-order valence-electron chi connectivity index (χ3n) is 3.57. The molecular weight excluding hydrogens is 276 g/mol. The summed E-state index contributed by atoms with van der Waals surface area (Å²) in [5, 5.41) is 76.3. The van der Waals surface area contributed by atoms with Crippen LogP contribution in [-0.2, 0) is 4.74 Å². The monoisotopic (exact) mass is 298 g/mol. The molecule has 1 aliphatic rings. The van der Waals surface area contributed by atoms with Gasteiger partial charge in [-0.1, -0.05) is 13.3 Å². The maximum atomic E-state index is 10.3. The zero-order valence-electron chi connectivity index (χ0n) is 11.0. The third-order valence-corrected chi connectivity index (χ3v) is 3.57. The molecule has 6 atom stereocenters. The number of hydrogen-bond donors (Lipinski definition) is 8. The van der Waals surface area contributed by atoms with Gasteiger partial charge in [-0.3, -0.25) is 0 Å². The second-order valence-corrected chi connectivity index (χ2v) is 5.06. The van der Waals surface area contributed by atoms with Gasteiger partial charge in [0.25, 0.3) is 0 Å². The van der Waals surface area contributed by atoms with Gasteiger partial charge in [0.15, 0.2) is 5.60 Å². The number of rotatable bonds is 5. The van der Waals surface area contributed by atoms with E-state index in [4.69, 9.17) is 9.84 Å². The smallest absolute Gasteiger partial charge is 0.308 e. The van der Waals surface area contributed by atoms with Crippen LogP contribution in [0, 0.1) is 0 Å². The van der Waals surface area contributed by atoms with Gasteiger partial charge in [0, 0.05) is 0 Å². The molecule has 1 rings (SSSR count). The highest BCUT2D eigenvalue weighted by atomic mass is 16.7. The summed E-state index contributed by atoms with van der Waals surface area (Å²) in [6, 6.07) is 0. The molecule has 0 spiro atoms. The van der Waals surface area contributed by atoms with Gasteiger partial charge in [0.05, 0.1) is 6.61 Å². The minimum absolute atomic E-state index is 0.189. The Balaban J connectivity index is 3.12. The summed E-state index contributed by atoms with van der Waals surface area (Å²) in [6.07, 6.45) is -8.68. The van der Waals surface area contributed by atoms with E-state index in [0.717, 1.165) is 0 Å². The molecule has 9 nitrogen and oxygen atoms in total. The molecule has 0 aromatic rings. The Kier molecular flexibility index (Phi) is 5.46. The first kappa shape index (κ1) is 17.7. The molecule has 1 fully saturated rings. The summed E-state index contributed by atoms with van der Waals surface area (Å²) < 4.78 is 5.03. The fourth-order valence-electron chi connectivity index (χ4n) is 2.38. The lowest BCUT2D eigenvalue weighted by Gasteiger charge is -2.48. The average molecular weight is 298 g/mol. The molecule has 1 aliphatic heterocycles. The fraction of sp³-hybridized carbons (Fsp3) is 1.00. The minimum atomic E-state index is -3.60. The number of ether oxygens (including phenoxy) is 1. The van der Waals surface area contributed by atoms with Crippen molar-refractivity contribution in [2.45, 2.75) is 61.9 Å². The largest absolute Gasteiger partial charge is 0.394 e. The Bertz CT molecular complexity index is 316. The molecular formula is C11H22O9. The predicted molar refractivity (Wildman–Crippen MR) is 63.0 cm³/mol. The van der Waals surface area contributed by atoms with Crippen molar-refractivity contribution in [1.29, 1.82) is 0 Å². The Labute approximate surface area is 115 Å². The summed E-state index contributed by atoms with van der Waals surface area (Å²) in [5.41, 5.74) is -2.71. The lowest BCUT2D eigenvalue weighted by molar-refractivity contribution is -0.425. The van der Waals surface area contributed by atoms with Crippen LogP contribution in [0.25, 0.3) is 0 Å². The van der Waals surface area contributed by atoms with E-state index < -0.39 is 48.7 Å². The van der Waals surface area contributed by atoms with Crippen molar-refractivity contribution < 1.29 is 45.6 Å². The average Bonchev–Trinajstić information content (AvgIpc) is 2.35. The molecule has 0 aromatic heterocycles. The van der Waals surface area contributed by atoms with Gasteiger partial charge in [0.1, 0.15) is 30.5 Å². The molecule has 0 amide bonds. The molecule has 1 heterocycles. The van der Waals surface area contributed by atoms with Gasteiger partial charge in [-0.25, -0.2) is 0 Å². The first-order chi connectivity index (χ1) is 9.10. The second kappa shape index (κ2) is 6.18. The number of aliphatic hydroxyl groups is 8. The summed E-state index contributed by atoms with van der Waals surface area (Å²) in [4.78, 5) is 0. The maximum Gasteiger partial charge on any atom is 0.308 e. The highest BCUT2D eigenvalue weighted by Crippen LogP contribution is 2.36. The molecule has 8 N–H and O–H groups in total. The molecule has 0 aromatic carbocycles. The van der Waals surface area contributed by atoms with Crippen molar-refractivity contribution in [3.63, 3.8) is 0 Å². The summed E-state index contributed by atoms with van der Waals surface area (Å²) >= 11 is 0. The van der Waals surface area contributed by atoms with Crippen molar-refractivity contribution >= 4 is 0 Å². The highest BCUT2D eigenvalue weighted by molar-refractivity contribution is 5.03. The third kappa shape index (κ3) is 2.96. The van der Waals surface area contributed by atoms with E-state index in [1.54, 1.807) is 6.92 Å². The summed E-state index contributed by atoms with van der Waals surface area (Å²) in [7, 11) is 0. The number of aliphatic hydroxyl groups excluding tert-OH is 4. The van der Waals surface area contributed by atoms with Gasteiger partial charge in [-0.05, 0) is 6.42 Å². The fourth-order valence-corrected chi connectivity index (χ4v) is 2.38. The van der Waals surface area contributed by atoms with E-state index in [1.807, 2.05) is 0 Å². The van der Waals surface area contributed by atoms with Crippen LogP contribution in [0.2, 0.25) is 0 Å². The maximum absolute atomic E-state index is 10.3. The molecule has 2 unspecified atom stereocenters. The van der Waals surface area contributed by atoms with Crippen LogP contribution in [0.5, 0.6) is 0 Å².